The smallest absolute Gasteiger partial charge is 0.108 e. The van der Waals surface area contributed by atoms with Crippen molar-refractivity contribution in [2.75, 3.05) is 0 Å². The maximum absolute atomic E-state index is 4.24. The Labute approximate surface area is 83.0 Å². The van der Waals surface area contributed by atoms with Crippen LogP contribution in [0.15, 0.2) is 31.1 Å². The van der Waals surface area contributed by atoms with Crippen LogP contribution >= 0.6 is 0 Å². The Morgan fingerprint density at radius 1 is 1.50 bits per heavy atom. The monoisotopic (exact) mass is 190 g/mol. The molecule has 4 nitrogen and oxygen atoms in total. The van der Waals surface area contributed by atoms with Gasteiger partial charge in [-0.15, -0.1) is 0 Å². The maximum Gasteiger partial charge on any atom is 0.108 e. The number of rotatable bonds is 4. The molecular formula is C10H14N4. The summed E-state index contributed by atoms with van der Waals surface area (Å²) in [4.78, 5) is 11.4. The SMILES string of the molecule is CC(CCn1ccnc1)c1ncc[nH]1. The van der Waals surface area contributed by atoms with Gasteiger partial charge in [-0.3, -0.25) is 0 Å². The lowest BCUT2D eigenvalue weighted by atomic mass is 10.1. The molecule has 0 bridgehead atoms. The fraction of sp³-hybridized carbons (Fsp3) is 0.400. The lowest BCUT2D eigenvalue weighted by Gasteiger charge is -2.08. The van der Waals surface area contributed by atoms with Gasteiger partial charge in [0.15, 0.2) is 0 Å². The third kappa shape index (κ3) is 2.02. The highest BCUT2D eigenvalue weighted by Crippen LogP contribution is 2.14. The molecule has 0 aliphatic carbocycles. The highest BCUT2D eigenvalue weighted by molar-refractivity contribution is 4.94. The highest BCUT2D eigenvalue weighted by atomic mass is 15.0. The summed E-state index contributed by atoms with van der Waals surface area (Å²) in [5, 5.41) is 0. The molecular weight excluding hydrogens is 176 g/mol. The molecule has 2 aromatic heterocycles. The predicted octanol–water partition coefficient (Wildman–Crippen LogP) is 1.80. The summed E-state index contributed by atoms with van der Waals surface area (Å²) in [6.07, 6.45) is 10.4. The van der Waals surface area contributed by atoms with E-state index in [-0.39, 0.29) is 0 Å². The van der Waals surface area contributed by atoms with Crippen LogP contribution in [0.4, 0.5) is 0 Å². The largest absolute Gasteiger partial charge is 0.348 e. The predicted molar refractivity (Wildman–Crippen MR) is 53.8 cm³/mol. The summed E-state index contributed by atoms with van der Waals surface area (Å²) in [6, 6.07) is 0. The first-order valence-electron chi connectivity index (χ1n) is 4.81. The molecule has 0 spiro atoms. The number of aromatic nitrogens is 4. The fourth-order valence-corrected chi connectivity index (χ4v) is 1.45. The minimum Gasteiger partial charge on any atom is -0.348 e. The van der Waals surface area contributed by atoms with E-state index < -0.39 is 0 Å². The topological polar surface area (TPSA) is 46.5 Å². The van der Waals surface area contributed by atoms with Crippen molar-refractivity contribution in [2.24, 2.45) is 0 Å². The summed E-state index contributed by atoms with van der Waals surface area (Å²) >= 11 is 0. The number of aryl methyl sites for hydroxylation is 1. The van der Waals surface area contributed by atoms with E-state index in [0.717, 1.165) is 18.8 Å². The second-order valence-electron chi connectivity index (χ2n) is 3.46. The number of nitrogens with zero attached hydrogens (tertiary/aromatic N) is 3. The van der Waals surface area contributed by atoms with E-state index in [4.69, 9.17) is 0 Å². The molecule has 74 valence electrons. The van der Waals surface area contributed by atoms with E-state index >= 15 is 0 Å². The third-order valence-corrected chi connectivity index (χ3v) is 2.37. The first kappa shape index (κ1) is 8.99. The molecule has 2 rings (SSSR count). The van der Waals surface area contributed by atoms with Crippen molar-refractivity contribution in [1.82, 2.24) is 19.5 Å². The van der Waals surface area contributed by atoms with Crippen molar-refractivity contribution >= 4 is 0 Å². The van der Waals surface area contributed by atoms with Crippen molar-refractivity contribution < 1.29 is 0 Å². The van der Waals surface area contributed by atoms with Gasteiger partial charge in [-0.1, -0.05) is 6.92 Å². The van der Waals surface area contributed by atoms with Crippen LogP contribution in [0.25, 0.3) is 0 Å². The zero-order valence-corrected chi connectivity index (χ0v) is 8.22. The Hall–Kier alpha value is -1.58. The van der Waals surface area contributed by atoms with Crippen LogP contribution in [-0.4, -0.2) is 19.5 Å². The van der Waals surface area contributed by atoms with E-state index in [1.807, 2.05) is 18.7 Å². The molecule has 0 aliphatic heterocycles. The van der Waals surface area contributed by atoms with Crippen LogP contribution in [0.3, 0.4) is 0 Å². The second-order valence-corrected chi connectivity index (χ2v) is 3.46. The molecule has 1 N–H and O–H groups in total. The minimum atomic E-state index is 0.465. The van der Waals surface area contributed by atoms with Crippen molar-refractivity contribution in [1.29, 1.82) is 0 Å². The number of hydrogen-bond donors (Lipinski definition) is 1. The van der Waals surface area contributed by atoms with Crippen LogP contribution in [0.5, 0.6) is 0 Å². The Bertz CT molecular complexity index is 349. The average molecular weight is 190 g/mol. The quantitative estimate of drug-likeness (QED) is 0.799. The van der Waals surface area contributed by atoms with Gasteiger partial charge in [-0.05, 0) is 6.42 Å². The van der Waals surface area contributed by atoms with Gasteiger partial charge in [-0.25, -0.2) is 9.97 Å². The highest BCUT2D eigenvalue weighted by Gasteiger charge is 2.06. The fourth-order valence-electron chi connectivity index (χ4n) is 1.45. The minimum absolute atomic E-state index is 0.465. The van der Waals surface area contributed by atoms with Crippen LogP contribution < -0.4 is 0 Å². The standard InChI is InChI=1S/C10H14N4/c1-9(10-12-3-4-13-10)2-6-14-7-5-11-8-14/h3-5,7-9H,2,6H2,1H3,(H,12,13). The molecule has 0 aliphatic rings. The summed E-state index contributed by atoms with van der Waals surface area (Å²) in [5.74, 6) is 1.53. The van der Waals surface area contributed by atoms with Gasteiger partial charge in [0.2, 0.25) is 0 Å². The molecule has 0 aromatic carbocycles. The Balaban J connectivity index is 1.87. The summed E-state index contributed by atoms with van der Waals surface area (Å²) in [5.41, 5.74) is 0. The van der Waals surface area contributed by atoms with Crippen LogP contribution in [0.2, 0.25) is 0 Å². The molecule has 1 unspecified atom stereocenters. The van der Waals surface area contributed by atoms with E-state index in [0.29, 0.717) is 5.92 Å². The van der Waals surface area contributed by atoms with Gasteiger partial charge in [0, 0.05) is 37.3 Å². The van der Waals surface area contributed by atoms with Gasteiger partial charge in [0.05, 0.1) is 6.33 Å². The lowest BCUT2D eigenvalue weighted by Crippen LogP contribution is -2.02. The van der Waals surface area contributed by atoms with Crippen LogP contribution in [0, 0.1) is 0 Å². The molecule has 1 atom stereocenters. The van der Waals surface area contributed by atoms with Crippen LogP contribution in [-0.2, 0) is 6.54 Å². The Kier molecular flexibility index (Phi) is 2.62. The van der Waals surface area contributed by atoms with E-state index in [9.17, 15) is 0 Å². The summed E-state index contributed by atoms with van der Waals surface area (Å²) in [7, 11) is 0. The molecule has 0 fully saturated rings. The van der Waals surface area contributed by atoms with Gasteiger partial charge in [-0.2, -0.15) is 0 Å². The number of hydrogen-bond acceptors (Lipinski definition) is 2. The normalized spacial score (nSPS) is 12.9. The lowest BCUT2D eigenvalue weighted by molar-refractivity contribution is 0.559. The first-order valence-corrected chi connectivity index (χ1v) is 4.81. The molecule has 2 aromatic rings. The number of imidazole rings is 2. The van der Waals surface area contributed by atoms with Gasteiger partial charge < -0.3 is 9.55 Å². The molecule has 14 heavy (non-hydrogen) atoms. The van der Waals surface area contributed by atoms with E-state index in [1.54, 1.807) is 12.4 Å². The summed E-state index contributed by atoms with van der Waals surface area (Å²) in [6.45, 7) is 3.16. The van der Waals surface area contributed by atoms with Crippen LogP contribution in [0.1, 0.15) is 25.1 Å². The number of H-pyrrole nitrogens is 1. The van der Waals surface area contributed by atoms with E-state index in [2.05, 4.69) is 26.4 Å². The second kappa shape index (κ2) is 4.09. The molecule has 2 heterocycles. The van der Waals surface area contributed by atoms with Crippen molar-refractivity contribution in [2.45, 2.75) is 25.8 Å². The molecule has 0 radical (unpaired) electrons. The van der Waals surface area contributed by atoms with Crippen molar-refractivity contribution in [3.05, 3.63) is 36.9 Å². The Morgan fingerprint density at radius 3 is 3.07 bits per heavy atom. The molecule has 0 saturated heterocycles. The number of aromatic amines is 1. The van der Waals surface area contributed by atoms with Gasteiger partial charge >= 0.3 is 0 Å². The molecule has 4 heteroatoms. The van der Waals surface area contributed by atoms with Crippen molar-refractivity contribution in [3.63, 3.8) is 0 Å². The van der Waals surface area contributed by atoms with Gasteiger partial charge in [0.1, 0.15) is 5.82 Å². The third-order valence-electron chi connectivity index (χ3n) is 2.37. The van der Waals surface area contributed by atoms with E-state index in [1.165, 1.54) is 0 Å². The summed E-state index contributed by atoms with van der Waals surface area (Å²) < 4.78 is 2.08. The molecule has 0 amide bonds. The van der Waals surface area contributed by atoms with Gasteiger partial charge in [0.25, 0.3) is 0 Å². The first-order chi connectivity index (χ1) is 6.86. The zero-order chi connectivity index (χ0) is 9.80. The average Bonchev–Trinajstić information content (AvgIpc) is 2.87. The Morgan fingerprint density at radius 2 is 2.43 bits per heavy atom. The molecule has 0 saturated carbocycles. The number of nitrogens with one attached hydrogen (secondary N) is 1. The van der Waals surface area contributed by atoms with Crippen molar-refractivity contribution in [3.8, 4) is 0 Å². The zero-order valence-electron chi connectivity index (χ0n) is 8.22. The maximum atomic E-state index is 4.24.